The molecule has 3 rings (SSSR count). The van der Waals surface area contributed by atoms with Crippen LogP contribution in [0.15, 0.2) is 30.5 Å². The maximum absolute atomic E-state index is 9.29. The van der Waals surface area contributed by atoms with Gasteiger partial charge in [-0.25, -0.2) is 15.0 Å². The maximum atomic E-state index is 9.29. The van der Waals surface area contributed by atoms with Gasteiger partial charge in [0.15, 0.2) is 0 Å². The van der Waals surface area contributed by atoms with E-state index in [1.54, 1.807) is 29.7 Å². The second-order valence-corrected chi connectivity index (χ2v) is 6.61. The third-order valence-corrected chi connectivity index (χ3v) is 4.73. The van der Waals surface area contributed by atoms with E-state index in [0.717, 1.165) is 27.0 Å². The van der Waals surface area contributed by atoms with Gasteiger partial charge in [-0.2, -0.15) is 0 Å². The molecule has 0 fully saturated rings. The molecule has 1 aromatic carbocycles. The van der Waals surface area contributed by atoms with Crippen molar-refractivity contribution in [2.45, 2.75) is 20.5 Å². The van der Waals surface area contributed by atoms with Gasteiger partial charge in [0.1, 0.15) is 0 Å². The van der Waals surface area contributed by atoms with E-state index in [9.17, 15) is 5.11 Å². The van der Waals surface area contributed by atoms with Crippen LogP contribution in [0.25, 0.3) is 10.6 Å². The van der Waals surface area contributed by atoms with Crippen LogP contribution >= 0.6 is 22.9 Å². The van der Waals surface area contributed by atoms with Gasteiger partial charge in [-0.05, 0) is 43.7 Å². The lowest BCUT2D eigenvalue weighted by molar-refractivity contribution is 0.282. The van der Waals surface area contributed by atoms with Crippen LogP contribution in [0.4, 0.5) is 11.6 Å². The SMILES string of the molecule is Cc1nc(C)c(-c2ccnc(Nc3ccc(Cl)c(CO)c3)n2)s1. The van der Waals surface area contributed by atoms with E-state index in [-0.39, 0.29) is 6.61 Å². The summed E-state index contributed by atoms with van der Waals surface area (Å²) >= 11 is 7.61. The standard InChI is InChI=1S/C16H15ClN4OS/c1-9-15(23-10(2)19-9)14-5-6-18-16(21-14)20-12-3-4-13(17)11(7-12)8-22/h3-7,22H,8H2,1-2H3,(H,18,20,21). The summed E-state index contributed by atoms with van der Waals surface area (Å²) in [4.78, 5) is 14.3. The molecule has 118 valence electrons. The van der Waals surface area contributed by atoms with Gasteiger partial charge in [-0.1, -0.05) is 11.6 Å². The Morgan fingerprint density at radius 2 is 2.04 bits per heavy atom. The fourth-order valence-corrected chi connectivity index (χ4v) is 3.28. The lowest BCUT2D eigenvalue weighted by Gasteiger charge is -2.08. The molecule has 0 bridgehead atoms. The lowest BCUT2D eigenvalue weighted by Crippen LogP contribution is -1.98. The number of nitrogens with zero attached hydrogens (tertiary/aromatic N) is 3. The molecule has 7 heteroatoms. The Balaban J connectivity index is 1.90. The Hall–Kier alpha value is -2.02. The van der Waals surface area contributed by atoms with Gasteiger partial charge in [0.05, 0.1) is 27.9 Å². The largest absolute Gasteiger partial charge is 0.392 e. The molecule has 0 unspecified atom stereocenters. The van der Waals surface area contributed by atoms with Crippen LogP contribution in [-0.4, -0.2) is 20.1 Å². The minimum atomic E-state index is -0.116. The molecule has 0 saturated carbocycles. The highest BCUT2D eigenvalue weighted by atomic mass is 35.5. The summed E-state index contributed by atoms with van der Waals surface area (Å²) in [7, 11) is 0. The first-order valence-corrected chi connectivity index (χ1v) is 8.20. The smallest absolute Gasteiger partial charge is 0.227 e. The Kier molecular flexibility index (Phi) is 4.56. The molecule has 0 radical (unpaired) electrons. The summed E-state index contributed by atoms with van der Waals surface area (Å²) in [5.74, 6) is 0.485. The lowest BCUT2D eigenvalue weighted by atomic mass is 10.2. The summed E-state index contributed by atoms with van der Waals surface area (Å²) < 4.78 is 0. The molecule has 3 aromatic rings. The number of aliphatic hydroxyl groups excluding tert-OH is 1. The monoisotopic (exact) mass is 346 g/mol. The number of hydrogen-bond acceptors (Lipinski definition) is 6. The first kappa shape index (κ1) is 15.9. The van der Waals surface area contributed by atoms with Crippen molar-refractivity contribution in [1.82, 2.24) is 15.0 Å². The second kappa shape index (κ2) is 6.62. The van der Waals surface area contributed by atoms with Crippen LogP contribution in [0.1, 0.15) is 16.3 Å². The van der Waals surface area contributed by atoms with Crippen LogP contribution in [0.2, 0.25) is 5.02 Å². The van der Waals surface area contributed by atoms with Crippen LogP contribution in [0.5, 0.6) is 0 Å². The number of benzene rings is 1. The highest BCUT2D eigenvalue weighted by molar-refractivity contribution is 7.15. The van der Waals surface area contributed by atoms with Crippen LogP contribution < -0.4 is 5.32 Å². The molecular weight excluding hydrogens is 332 g/mol. The van der Waals surface area contributed by atoms with Crippen molar-refractivity contribution in [3.05, 3.63) is 51.7 Å². The fourth-order valence-electron chi connectivity index (χ4n) is 2.22. The quantitative estimate of drug-likeness (QED) is 0.744. The molecular formula is C16H15ClN4OS. The van der Waals surface area contributed by atoms with Crippen molar-refractivity contribution in [1.29, 1.82) is 0 Å². The molecule has 2 N–H and O–H groups in total. The highest BCUT2D eigenvalue weighted by Gasteiger charge is 2.10. The van der Waals surface area contributed by atoms with E-state index >= 15 is 0 Å². The van der Waals surface area contributed by atoms with Crippen molar-refractivity contribution >= 4 is 34.6 Å². The topological polar surface area (TPSA) is 70.9 Å². The van der Waals surface area contributed by atoms with Gasteiger partial charge in [0.25, 0.3) is 0 Å². The summed E-state index contributed by atoms with van der Waals surface area (Å²) in [6.07, 6.45) is 1.71. The van der Waals surface area contributed by atoms with E-state index in [2.05, 4.69) is 20.3 Å². The predicted molar refractivity (Wildman–Crippen MR) is 93.3 cm³/mol. The van der Waals surface area contributed by atoms with Crippen molar-refractivity contribution < 1.29 is 5.11 Å². The Bertz CT molecular complexity index is 850. The zero-order valence-electron chi connectivity index (χ0n) is 12.7. The number of anilines is 2. The van der Waals surface area contributed by atoms with Gasteiger partial charge in [-0.15, -0.1) is 11.3 Å². The molecule has 2 heterocycles. The molecule has 0 spiro atoms. The number of aliphatic hydroxyl groups is 1. The van der Waals surface area contributed by atoms with Gasteiger partial charge in [0, 0.05) is 16.9 Å². The molecule has 0 aliphatic carbocycles. The Morgan fingerprint density at radius 3 is 2.74 bits per heavy atom. The van der Waals surface area contributed by atoms with Crippen LogP contribution in [-0.2, 0) is 6.61 Å². The number of nitrogens with one attached hydrogen (secondary N) is 1. The summed E-state index contributed by atoms with van der Waals surface area (Å²) in [5, 5.41) is 14.0. The van der Waals surface area contributed by atoms with Gasteiger partial charge in [-0.3, -0.25) is 0 Å². The van der Waals surface area contributed by atoms with Crippen molar-refractivity contribution in [3.63, 3.8) is 0 Å². The number of aryl methyl sites for hydroxylation is 2. The number of halogens is 1. The van der Waals surface area contributed by atoms with E-state index in [1.807, 2.05) is 26.0 Å². The number of thiazole rings is 1. The maximum Gasteiger partial charge on any atom is 0.227 e. The minimum absolute atomic E-state index is 0.116. The number of hydrogen-bond donors (Lipinski definition) is 2. The van der Waals surface area contributed by atoms with Gasteiger partial charge < -0.3 is 10.4 Å². The predicted octanol–water partition coefficient (Wildman–Crippen LogP) is 4.11. The van der Waals surface area contributed by atoms with E-state index < -0.39 is 0 Å². The highest BCUT2D eigenvalue weighted by Crippen LogP contribution is 2.29. The van der Waals surface area contributed by atoms with Crippen molar-refractivity contribution in [3.8, 4) is 10.6 Å². The molecule has 0 amide bonds. The number of rotatable bonds is 4. The molecule has 0 saturated heterocycles. The summed E-state index contributed by atoms with van der Waals surface area (Å²) in [6.45, 7) is 3.83. The van der Waals surface area contributed by atoms with Crippen LogP contribution in [0, 0.1) is 13.8 Å². The summed E-state index contributed by atoms with van der Waals surface area (Å²) in [6, 6.07) is 7.20. The van der Waals surface area contributed by atoms with E-state index in [4.69, 9.17) is 11.6 Å². The summed E-state index contributed by atoms with van der Waals surface area (Å²) in [5.41, 5.74) is 3.22. The number of aromatic nitrogens is 3. The van der Waals surface area contributed by atoms with Crippen LogP contribution in [0.3, 0.4) is 0 Å². The third-order valence-electron chi connectivity index (χ3n) is 3.26. The van der Waals surface area contributed by atoms with Gasteiger partial charge in [0.2, 0.25) is 5.95 Å². The first-order valence-electron chi connectivity index (χ1n) is 7.00. The molecule has 0 aliphatic heterocycles. The molecule has 0 atom stereocenters. The average Bonchev–Trinajstić information content (AvgIpc) is 2.88. The molecule has 2 aromatic heterocycles. The Labute approximate surface area is 143 Å². The fraction of sp³-hybridized carbons (Fsp3) is 0.188. The first-order chi connectivity index (χ1) is 11.1. The Morgan fingerprint density at radius 1 is 1.22 bits per heavy atom. The molecule has 0 aliphatic rings. The zero-order valence-corrected chi connectivity index (χ0v) is 14.2. The molecule has 5 nitrogen and oxygen atoms in total. The minimum Gasteiger partial charge on any atom is -0.392 e. The zero-order chi connectivity index (χ0) is 16.4. The average molecular weight is 347 g/mol. The third kappa shape index (κ3) is 3.50. The van der Waals surface area contributed by atoms with Crippen molar-refractivity contribution in [2.75, 3.05) is 5.32 Å². The van der Waals surface area contributed by atoms with E-state index in [0.29, 0.717) is 16.5 Å². The van der Waals surface area contributed by atoms with Gasteiger partial charge >= 0.3 is 0 Å². The van der Waals surface area contributed by atoms with Crippen molar-refractivity contribution in [2.24, 2.45) is 0 Å². The molecule has 23 heavy (non-hydrogen) atoms. The second-order valence-electron chi connectivity index (χ2n) is 5.00. The van der Waals surface area contributed by atoms with E-state index in [1.165, 1.54) is 0 Å². The normalized spacial score (nSPS) is 10.8.